The number of azo groups is 1. The van der Waals surface area contributed by atoms with Gasteiger partial charge < -0.3 is 0 Å². The average molecular weight is 218 g/mol. The van der Waals surface area contributed by atoms with Crippen LogP contribution in [0.1, 0.15) is 30.9 Å². The van der Waals surface area contributed by atoms with Crippen molar-refractivity contribution in [2.45, 2.75) is 32.7 Å². The first kappa shape index (κ1) is 11.0. The van der Waals surface area contributed by atoms with Gasteiger partial charge in [0.15, 0.2) is 0 Å². The number of halogens is 1. The summed E-state index contributed by atoms with van der Waals surface area (Å²) in [6.45, 7) is 3.87. The minimum atomic E-state index is -0.151. The van der Waals surface area contributed by atoms with Gasteiger partial charge in [-0.3, -0.25) is 0 Å². The largest absolute Gasteiger partial charge is 0.206 e. The van der Waals surface area contributed by atoms with Crippen LogP contribution in [0.4, 0.5) is 4.39 Å². The summed E-state index contributed by atoms with van der Waals surface area (Å²) in [6, 6.07) is 5.47. The zero-order chi connectivity index (χ0) is 11.5. The number of benzene rings is 1. The van der Waals surface area contributed by atoms with E-state index in [1.54, 1.807) is 25.3 Å². The fourth-order valence-electron chi connectivity index (χ4n) is 1.93. The van der Waals surface area contributed by atoms with Crippen LogP contribution < -0.4 is 0 Å². The minimum absolute atomic E-state index is 0.0290. The van der Waals surface area contributed by atoms with Crippen molar-refractivity contribution in [3.8, 4) is 0 Å². The second-order valence-electron chi connectivity index (χ2n) is 4.06. The van der Waals surface area contributed by atoms with Gasteiger partial charge in [0.25, 0.3) is 0 Å². The average Bonchev–Trinajstić information content (AvgIpc) is 2.71. The van der Waals surface area contributed by atoms with Crippen molar-refractivity contribution in [2.24, 2.45) is 10.2 Å². The smallest absolute Gasteiger partial charge is 0.133 e. The molecule has 1 aromatic carbocycles. The Morgan fingerprint density at radius 2 is 2.19 bits per heavy atom. The van der Waals surface area contributed by atoms with Gasteiger partial charge in [0.1, 0.15) is 5.82 Å². The Labute approximate surface area is 94.9 Å². The van der Waals surface area contributed by atoms with Crippen LogP contribution in [0, 0.1) is 12.7 Å². The molecule has 1 aliphatic rings. The summed E-state index contributed by atoms with van der Waals surface area (Å²) in [6.07, 6.45) is 3.62. The van der Waals surface area contributed by atoms with E-state index in [9.17, 15) is 4.39 Å². The topological polar surface area (TPSA) is 24.7 Å². The van der Waals surface area contributed by atoms with Gasteiger partial charge >= 0.3 is 0 Å². The van der Waals surface area contributed by atoms with Crippen LogP contribution in [-0.4, -0.2) is 6.04 Å². The molecule has 1 aromatic rings. The van der Waals surface area contributed by atoms with Gasteiger partial charge in [-0.05, 0) is 18.9 Å². The van der Waals surface area contributed by atoms with Crippen LogP contribution in [0.3, 0.4) is 0 Å². The molecule has 2 nitrogen and oxygen atoms in total. The van der Waals surface area contributed by atoms with Crippen LogP contribution in [0.5, 0.6) is 0 Å². The highest BCUT2D eigenvalue weighted by Crippen LogP contribution is 2.31. The monoisotopic (exact) mass is 218 g/mol. The van der Waals surface area contributed by atoms with Crippen molar-refractivity contribution in [1.29, 1.82) is 0 Å². The van der Waals surface area contributed by atoms with E-state index in [4.69, 9.17) is 0 Å². The highest BCUT2D eigenvalue weighted by molar-refractivity contribution is 5.71. The molecular weight excluding hydrogens is 203 g/mol. The van der Waals surface area contributed by atoms with E-state index in [2.05, 4.69) is 17.2 Å². The third-order valence-electron chi connectivity index (χ3n) is 2.83. The summed E-state index contributed by atoms with van der Waals surface area (Å²) in [4.78, 5) is 0. The van der Waals surface area contributed by atoms with Crippen LogP contribution in [0.25, 0.3) is 5.57 Å². The second kappa shape index (κ2) is 4.56. The van der Waals surface area contributed by atoms with Gasteiger partial charge in [-0.2, -0.15) is 10.2 Å². The molecule has 0 aromatic heterocycles. The molecule has 1 atom stereocenters. The molecule has 84 valence electrons. The van der Waals surface area contributed by atoms with E-state index in [0.29, 0.717) is 11.1 Å². The Kier molecular flexibility index (Phi) is 3.13. The van der Waals surface area contributed by atoms with Crippen LogP contribution in [0.2, 0.25) is 0 Å². The maximum Gasteiger partial charge on any atom is 0.133 e. The lowest BCUT2D eigenvalue weighted by Crippen LogP contribution is -2.06. The van der Waals surface area contributed by atoms with Crippen molar-refractivity contribution in [3.63, 3.8) is 0 Å². The number of hydrogen-bond acceptors (Lipinski definition) is 2. The summed E-state index contributed by atoms with van der Waals surface area (Å²) in [5.41, 5.74) is 2.21. The second-order valence-corrected chi connectivity index (χ2v) is 4.06. The maximum atomic E-state index is 13.9. The molecule has 2 rings (SSSR count). The van der Waals surface area contributed by atoms with Gasteiger partial charge in [-0.1, -0.05) is 31.5 Å². The summed E-state index contributed by atoms with van der Waals surface area (Å²) in [7, 11) is 0. The first-order valence-corrected chi connectivity index (χ1v) is 5.59. The Bertz CT molecular complexity index is 449. The molecule has 0 spiro atoms. The fourth-order valence-corrected chi connectivity index (χ4v) is 1.93. The van der Waals surface area contributed by atoms with Crippen molar-refractivity contribution in [2.75, 3.05) is 0 Å². The summed E-state index contributed by atoms with van der Waals surface area (Å²) < 4.78 is 13.9. The van der Waals surface area contributed by atoms with E-state index in [-0.39, 0.29) is 11.9 Å². The lowest BCUT2D eigenvalue weighted by Gasteiger charge is -2.12. The summed E-state index contributed by atoms with van der Waals surface area (Å²) >= 11 is 0. The molecule has 0 fully saturated rings. The normalized spacial score (nSPS) is 18.9. The van der Waals surface area contributed by atoms with Crippen LogP contribution in [-0.2, 0) is 0 Å². The van der Waals surface area contributed by atoms with Crippen molar-refractivity contribution < 1.29 is 4.39 Å². The minimum Gasteiger partial charge on any atom is -0.206 e. The third kappa shape index (κ3) is 1.90. The molecule has 0 saturated carbocycles. The first-order chi connectivity index (χ1) is 7.74. The molecule has 0 N–H and O–H groups in total. The third-order valence-corrected chi connectivity index (χ3v) is 2.83. The van der Waals surface area contributed by atoms with E-state index in [0.717, 1.165) is 18.4 Å². The molecule has 1 heterocycles. The quantitative estimate of drug-likeness (QED) is 0.729. The molecular formula is C13H15FN2. The van der Waals surface area contributed by atoms with E-state index in [1.807, 2.05) is 6.07 Å². The predicted molar refractivity (Wildman–Crippen MR) is 62.7 cm³/mol. The van der Waals surface area contributed by atoms with Gasteiger partial charge in [0.05, 0.1) is 12.2 Å². The van der Waals surface area contributed by atoms with Crippen LogP contribution >= 0.6 is 0 Å². The van der Waals surface area contributed by atoms with E-state index >= 15 is 0 Å². The van der Waals surface area contributed by atoms with E-state index < -0.39 is 0 Å². The Morgan fingerprint density at radius 1 is 1.38 bits per heavy atom. The molecule has 16 heavy (non-hydrogen) atoms. The Balaban J connectivity index is 2.35. The highest BCUT2D eigenvalue weighted by Gasteiger charge is 2.21. The molecule has 1 unspecified atom stereocenters. The standard InChI is InChI=1S/C13H15FN2/c1-3-5-12-11(8-15-16-12)10-7-4-6-9(2)13(10)14/h4,6-8,12H,3,5H2,1-2H3. The fraction of sp³-hybridized carbons (Fsp3) is 0.385. The number of aryl methyl sites for hydroxylation is 1. The molecule has 0 bridgehead atoms. The van der Waals surface area contributed by atoms with Gasteiger partial charge in [0.2, 0.25) is 0 Å². The lowest BCUT2D eigenvalue weighted by molar-refractivity contribution is 0.610. The molecule has 0 aliphatic carbocycles. The SMILES string of the molecule is CCCC1N=NC=C1c1cccc(C)c1F. The number of hydrogen-bond donors (Lipinski definition) is 0. The predicted octanol–water partition coefficient (Wildman–Crippen LogP) is 4.11. The molecule has 0 saturated heterocycles. The van der Waals surface area contributed by atoms with Crippen molar-refractivity contribution in [1.82, 2.24) is 0 Å². The Hall–Kier alpha value is -1.51. The van der Waals surface area contributed by atoms with E-state index in [1.165, 1.54) is 0 Å². The first-order valence-electron chi connectivity index (χ1n) is 5.59. The van der Waals surface area contributed by atoms with Gasteiger partial charge in [-0.25, -0.2) is 4.39 Å². The molecule has 3 heteroatoms. The summed E-state index contributed by atoms with van der Waals surface area (Å²) in [5, 5.41) is 8.03. The van der Waals surface area contributed by atoms with Crippen molar-refractivity contribution in [3.05, 3.63) is 41.3 Å². The van der Waals surface area contributed by atoms with Crippen molar-refractivity contribution >= 4 is 5.57 Å². The Morgan fingerprint density at radius 3 is 2.94 bits per heavy atom. The zero-order valence-electron chi connectivity index (χ0n) is 9.57. The highest BCUT2D eigenvalue weighted by atomic mass is 19.1. The maximum absolute atomic E-state index is 13.9. The molecule has 1 aliphatic heterocycles. The number of nitrogens with zero attached hydrogens (tertiary/aromatic N) is 2. The lowest BCUT2D eigenvalue weighted by atomic mass is 9.95. The zero-order valence-corrected chi connectivity index (χ0v) is 9.57. The summed E-state index contributed by atoms with van der Waals surface area (Å²) in [5.74, 6) is -0.151. The number of rotatable bonds is 3. The van der Waals surface area contributed by atoms with Crippen LogP contribution in [0.15, 0.2) is 34.6 Å². The van der Waals surface area contributed by atoms with Gasteiger partial charge in [0, 0.05) is 11.1 Å². The molecule has 0 radical (unpaired) electrons. The van der Waals surface area contributed by atoms with Gasteiger partial charge in [-0.15, -0.1) is 0 Å². The molecule has 0 amide bonds.